The molecule has 4 nitrogen and oxygen atoms in total. The molecule has 1 unspecified atom stereocenters. The van der Waals surface area contributed by atoms with Crippen molar-refractivity contribution in [1.82, 2.24) is 0 Å². The van der Waals surface area contributed by atoms with Gasteiger partial charge in [0.2, 0.25) is 0 Å². The Bertz CT molecular complexity index is 513. The maximum absolute atomic E-state index is 9.46. The van der Waals surface area contributed by atoms with E-state index in [2.05, 4.69) is 5.32 Å². The molecule has 17 heavy (non-hydrogen) atoms. The summed E-state index contributed by atoms with van der Waals surface area (Å²) >= 11 is 0. The molecule has 0 aliphatic carbocycles. The van der Waals surface area contributed by atoms with Gasteiger partial charge in [-0.05, 0) is 23.6 Å². The Hall–Kier alpha value is -1.78. The molecule has 4 N–H and O–H groups in total. The predicted octanol–water partition coefficient (Wildman–Crippen LogP) is 1.31. The first-order valence-corrected chi connectivity index (χ1v) is 5.45. The second-order valence-electron chi connectivity index (χ2n) is 3.93. The molecular weight excluding hydrogens is 218 g/mol. The molecule has 90 valence electrons. The molecule has 0 bridgehead atoms. The highest BCUT2D eigenvalue weighted by atomic mass is 16.3. The molecule has 0 saturated heterocycles. The van der Waals surface area contributed by atoms with Gasteiger partial charge in [-0.15, -0.1) is 0 Å². The average molecular weight is 233 g/mol. The number of aliphatic hydroxyl groups excluding tert-OH is 2. The highest BCUT2D eigenvalue weighted by Gasteiger charge is 2.04. The quantitative estimate of drug-likeness (QED) is 0.642. The van der Waals surface area contributed by atoms with Crippen LogP contribution >= 0.6 is 0 Å². The van der Waals surface area contributed by atoms with Gasteiger partial charge in [-0.25, -0.2) is 0 Å². The Labute approximate surface area is 99.1 Å². The summed E-state index contributed by atoms with van der Waals surface area (Å²) in [4.78, 5) is 0. The van der Waals surface area contributed by atoms with E-state index < -0.39 is 6.10 Å². The smallest absolute Gasteiger partial charge is 0.116 e. The van der Waals surface area contributed by atoms with E-state index in [0.29, 0.717) is 0 Å². The number of aliphatic hydroxyl groups is 2. The Morgan fingerprint density at radius 2 is 2.00 bits per heavy atom. The van der Waals surface area contributed by atoms with E-state index in [1.807, 2.05) is 24.3 Å². The molecule has 0 heterocycles. The van der Waals surface area contributed by atoms with Crippen LogP contribution < -0.4 is 5.32 Å². The minimum atomic E-state index is -0.789. The Balaban J connectivity index is 2.30. The first-order chi connectivity index (χ1) is 8.20. The first kappa shape index (κ1) is 11.7. The fourth-order valence-electron chi connectivity index (χ4n) is 1.71. The summed E-state index contributed by atoms with van der Waals surface area (Å²) in [5.74, 6) is 0.203. The number of aromatic hydroxyl groups is 1. The minimum absolute atomic E-state index is 0.203. The van der Waals surface area contributed by atoms with Crippen LogP contribution in [0.4, 0.5) is 5.69 Å². The van der Waals surface area contributed by atoms with Gasteiger partial charge < -0.3 is 20.6 Å². The van der Waals surface area contributed by atoms with Crippen molar-refractivity contribution in [1.29, 1.82) is 0 Å². The molecule has 0 radical (unpaired) electrons. The van der Waals surface area contributed by atoms with E-state index in [9.17, 15) is 10.2 Å². The number of phenols is 1. The van der Waals surface area contributed by atoms with Crippen LogP contribution in [0.3, 0.4) is 0 Å². The van der Waals surface area contributed by atoms with Gasteiger partial charge in [0.1, 0.15) is 5.75 Å². The standard InChI is InChI=1S/C13H15NO3/c15-8-11(17)7-14-13-3-1-2-9-4-5-10(16)6-12(9)13/h1-6,11,14-17H,7-8H2. The fourth-order valence-corrected chi connectivity index (χ4v) is 1.71. The molecule has 2 aromatic carbocycles. The maximum Gasteiger partial charge on any atom is 0.116 e. The van der Waals surface area contributed by atoms with Gasteiger partial charge >= 0.3 is 0 Å². The number of hydrogen-bond donors (Lipinski definition) is 4. The van der Waals surface area contributed by atoms with Crippen LogP contribution in [0.15, 0.2) is 36.4 Å². The highest BCUT2D eigenvalue weighted by molar-refractivity contribution is 5.94. The van der Waals surface area contributed by atoms with Crippen LogP contribution in [0.2, 0.25) is 0 Å². The van der Waals surface area contributed by atoms with Gasteiger partial charge in [0, 0.05) is 17.6 Å². The van der Waals surface area contributed by atoms with Gasteiger partial charge in [-0.2, -0.15) is 0 Å². The van der Waals surface area contributed by atoms with E-state index in [4.69, 9.17) is 5.11 Å². The zero-order valence-corrected chi connectivity index (χ0v) is 9.30. The van der Waals surface area contributed by atoms with Crippen LogP contribution in [0.1, 0.15) is 0 Å². The first-order valence-electron chi connectivity index (χ1n) is 5.45. The Kier molecular flexibility index (Phi) is 3.46. The molecule has 2 rings (SSSR count). The molecule has 0 fully saturated rings. The SMILES string of the molecule is OCC(O)CNc1cccc2ccc(O)cc12. The molecule has 1 atom stereocenters. The molecule has 0 amide bonds. The molecule has 4 heteroatoms. The van der Waals surface area contributed by atoms with Crippen molar-refractivity contribution in [3.63, 3.8) is 0 Å². The Morgan fingerprint density at radius 3 is 2.76 bits per heavy atom. The third-order valence-electron chi connectivity index (χ3n) is 2.60. The van der Waals surface area contributed by atoms with Gasteiger partial charge in [-0.1, -0.05) is 18.2 Å². The Morgan fingerprint density at radius 1 is 1.18 bits per heavy atom. The minimum Gasteiger partial charge on any atom is -0.508 e. The van der Waals surface area contributed by atoms with Crippen molar-refractivity contribution in [2.24, 2.45) is 0 Å². The summed E-state index contributed by atoms with van der Waals surface area (Å²) in [5.41, 5.74) is 0.825. The molecular formula is C13H15NO3. The van der Waals surface area contributed by atoms with Gasteiger partial charge in [-0.3, -0.25) is 0 Å². The van der Waals surface area contributed by atoms with E-state index in [1.54, 1.807) is 12.1 Å². The summed E-state index contributed by atoms with van der Waals surface area (Å²) in [6, 6.07) is 10.8. The lowest BCUT2D eigenvalue weighted by Gasteiger charge is -2.12. The average Bonchev–Trinajstić information content (AvgIpc) is 2.35. The lowest BCUT2D eigenvalue weighted by molar-refractivity contribution is 0.105. The summed E-state index contributed by atoms with van der Waals surface area (Å²) in [7, 11) is 0. The van der Waals surface area contributed by atoms with E-state index in [-0.39, 0.29) is 18.9 Å². The largest absolute Gasteiger partial charge is 0.508 e. The summed E-state index contributed by atoms with van der Waals surface area (Å²) in [6.07, 6.45) is -0.789. The normalized spacial score (nSPS) is 12.6. The maximum atomic E-state index is 9.46. The summed E-state index contributed by atoms with van der Waals surface area (Å²) in [5, 5.41) is 32.4. The lowest BCUT2D eigenvalue weighted by atomic mass is 10.1. The molecule has 0 aliphatic heterocycles. The van der Waals surface area contributed by atoms with Crippen molar-refractivity contribution in [2.75, 3.05) is 18.5 Å². The van der Waals surface area contributed by atoms with Crippen LogP contribution in [-0.2, 0) is 0 Å². The van der Waals surface area contributed by atoms with E-state index in [0.717, 1.165) is 16.5 Å². The van der Waals surface area contributed by atoms with Crippen molar-refractivity contribution in [3.8, 4) is 5.75 Å². The van der Waals surface area contributed by atoms with Gasteiger partial charge in [0.15, 0.2) is 0 Å². The third kappa shape index (κ3) is 2.67. The number of hydrogen-bond acceptors (Lipinski definition) is 4. The number of fused-ring (bicyclic) bond motifs is 1. The second-order valence-corrected chi connectivity index (χ2v) is 3.93. The molecule has 0 aromatic heterocycles. The van der Waals surface area contributed by atoms with Crippen LogP contribution in [0.5, 0.6) is 5.75 Å². The van der Waals surface area contributed by atoms with Crippen LogP contribution in [0.25, 0.3) is 10.8 Å². The van der Waals surface area contributed by atoms with Gasteiger partial charge in [0.05, 0.1) is 12.7 Å². The number of nitrogens with one attached hydrogen (secondary N) is 1. The zero-order chi connectivity index (χ0) is 12.3. The third-order valence-corrected chi connectivity index (χ3v) is 2.60. The van der Waals surface area contributed by atoms with E-state index >= 15 is 0 Å². The summed E-state index contributed by atoms with van der Waals surface area (Å²) in [6.45, 7) is -0.00567. The van der Waals surface area contributed by atoms with Crippen LogP contribution in [-0.4, -0.2) is 34.6 Å². The number of phenolic OH excluding ortho intramolecular Hbond substituents is 1. The van der Waals surface area contributed by atoms with Crippen molar-refractivity contribution < 1.29 is 15.3 Å². The number of rotatable bonds is 4. The fraction of sp³-hybridized carbons (Fsp3) is 0.231. The molecule has 0 aliphatic rings. The van der Waals surface area contributed by atoms with Crippen molar-refractivity contribution in [2.45, 2.75) is 6.10 Å². The van der Waals surface area contributed by atoms with Crippen molar-refractivity contribution >= 4 is 16.5 Å². The lowest BCUT2D eigenvalue weighted by Crippen LogP contribution is -2.22. The predicted molar refractivity (Wildman–Crippen MR) is 67.2 cm³/mol. The van der Waals surface area contributed by atoms with Crippen molar-refractivity contribution in [3.05, 3.63) is 36.4 Å². The monoisotopic (exact) mass is 233 g/mol. The molecule has 0 saturated carbocycles. The summed E-state index contributed by atoms with van der Waals surface area (Å²) < 4.78 is 0. The highest BCUT2D eigenvalue weighted by Crippen LogP contribution is 2.26. The molecule has 0 spiro atoms. The van der Waals surface area contributed by atoms with Crippen LogP contribution in [0, 0.1) is 0 Å². The van der Waals surface area contributed by atoms with Gasteiger partial charge in [0.25, 0.3) is 0 Å². The molecule has 2 aromatic rings. The topological polar surface area (TPSA) is 72.7 Å². The zero-order valence-electron chi connectivity index (χ0n) is 9.30. The number of anilines is 1. The van der Waals surface area contributed by atoms with E-state index in [1.165, 1.54) is 0 Å². The number of benzene rings is 2. The second kappa shape index (κ2) is 5.03.